The number of halogens is 2. The Bertz CT molecular complexity index is 1270. The average Bonchev–Trinajstić information content (AvgIpc) is 3.27. The second-order valence-corrected chi connectivity index (χ2v) is 11.2. The lowest BCUT2D eigenvalue weighted by Crippen LogP contribution is -2.43. The molecule has 0 bridgehead atoms. The zero-order valence-corrected chi connectivity index (χ0v) is 23.5. The monoisotopic (exact) mass is 559 g/mol. The van der Waals surface area contributed by atoms with Gasteiger partial charge in [0, 0.05) is 12.0 Å². The summed E-state index contributed by atoms with van der Waals surface area (Å²) in [5.41, 5.74) is -0.211. The molecule has 0 aliphatic carbocycles. The fraction of sp³-hybridized carbons (Fsp3) is 0.464. The highest BCUT2D eigenvalue weighted by atomic mass is 19.1. The van der Waals surface area contributed by atoms with Gasteiger partial charge in [0.05, 0.1) is 25.6 Å². The number of tetrazole rings is 1. The van der Waals surface area contributed by atoms with Gasteiger partial charge in [0.25, 0.3) is 0 Å². The Hall–Kier alpha value is -4.09. The van der Waals surface area contributed by atoms with Crippen LogP contribution in [-0.4, -0.2) is 56.1 Å². The first-order valence-corrected chi connectivity index (χ1v) is 12.8. The summed E-state index contributed by atoms with van der Waals surface area (Å²) < 4.78 is 44.0. The van der Waals surface area contributed by atoms with Gasteiger partial charge >= 0.3 is 12.1 Å². The van der Waals surface area contributed by atoms with Crippen molar-refractivity contribution in [1.82, 2.24) is 25.5 Å². The Kier molecular flexibility index (Phi) is 9.78. The first-order chi connectivity index (χ1) is 18.7. The van der Waals surface area contributed by atoms with Gasteiger partial charge in [-0.1, -0.05) is 12.1 Å². The molecule has 0 radical (unpaired) electrons. The van der Waals surface area contributed by atoms with Crippen molar-refractivity contribution in [2.45, 2.75) is 78.2 Å². The molecule has 0 unspecified atom stereocenters. The number of amides is 1. The predicted octanol–water partition coefficient (Wildman–Crippen LogP) is 4.86. The van der Waals surface area contributed by atoms with Gasteiger partial charge in [-0.15, -0.1) is 10.2 Å². The topological polar surface area (TPSA) is 117 Å². The number of hydrogen-bond donors (Lipinski definition) is 1. The smallest absolute Gasteiger partial charge is 0.407 e. The Morgan fingerprint density at radius 2 is 1.65 bits per heavy atom. The van der Waals surface area contributed by atoms with Gasteiger partial charge < -0.3 is 19.5 Å². The van der Waals surface area contributed by atoms with E-state index in [9.17, 15) is 18.4 Å². The van der Waals surface area contributed by atoms with E-state index in [-0.39, 0.29) is 37.0 Å². The van der Waals surface area contributed by atoms with E-state index >= 15 is 0 Å². The molecule has 1 aromatic heterocycles. The molecule has 216 valence electrons. The molecular formula is C28H35F2N5O5. The molecule has 3 aromatic rings. The van der Waals surface area contributed by atoms with Crippen LogP contribution in [-0.2, 0) is 27.2 Å². The van der Waals surface area contributed by atoms with Gasteiger partial charge in [-0.25, -0.2) is 13.6 Å². The van der Waals surface area contributed by atoms with Crippen LogP contribution in [0.5, 0.6) is 5.75 Å². The minimum atomic E-state index is -0.764. The zero-order chi connectivity index (χ0) is 29.5. The third kappa shape index (κ3) is 10.2. The fourth-order valence-electron chi connectivity index (χ4n) is 3.54. The standard InChI is InChI=1S/C28H35F2N5O5/c1-27(2,3)39-24(36)16-21(31-26(37)40-28(4,5)6)17-35-33-25(32-34-35)19-9-12-23(22(30)15-19)38-14-13-18-7-10-20(29)11-8-18/h7-12,15,21H,13-14,16-17H2,1-6H3,(H,31,37)/t21-/m0/s1. The maximum absolute atomic E-state index is 14.7. The van der Waals surface area contributed by atoms with E-state index in [0.717, 1.165) is 5.56 Å². The van der Waals surface area contributed by atoms with Gasteiger partial charge in [-0.3, -0.25) is 4.79 Å². The summed E-state index contributed by atoms with van der Waals surface area (Å²) in [6.45, 7) is 10.6. The summed E-state index contributed by atoms with van der Waals surface area (Å²) in [6.07, 6.45) is -0.385. The molecule has 40 heavy (non-hydrogen) atoms. The van der Waals surface area contributed by atoms with E-state index < -0.39 is 35.1 Å². The number of ether oxygens (including phenoxy) is 3. The van der Waals surface area contributed by atoms with E-state index in [2.05, 4.69) is 20.7 Å². The first-order valence-electron chi connectivity index (χ1n) is 12.8. The molecule has 3 rings (SSSR count). The summed E-state index contributed by atoms with van der Waals surface area (Å²) in [6, 6.07) is 9.53. The van der Waals surface area contributed by atoms with Crippen LogP contribution in [0.25, 0.3) is 11.4 Å². The zero-order valence-electron chi connectivity index (χ0n) is 23.5. The van der Waals surface area contributed by atoms with Crippen LogP contribution in [0.3, 0.4) is 0 Å². The van der Waals surface area contributed by atoms with Crippen LogP contribution < -0.4 is 10.1 Å². The number of hydrogen-bond acceptors (Lipinski definition) is 8. The average molecular weight is 560 g/mol. The van der Waals surface area contributed by atoms with Crippen LogP contribution in [0.2, 0.25) is 0 Å². The molecule has 0 saturated carbocycles. The lowest BCUT2D eigenvalue weighted by Gasteiger charge is -2.24. The number of alkyl carbamates (subject to hydrolysis) is 1. The predicted molar refractivity (Wildman–Crippen MR) is 142 cm³/mol. The molecule has 1 N–H and O–H groups in total. The van der Waals surface area contributed by atoms with Crippen molar-refractivity contribution in [2.75, 3.05) is 6.61 Å². The molecule has 0 fully saturated rings. The van der Waals surface area contributed by atoms with Crippen molar-refractivity contribution >= 4 is 12.1 Å². The largest absolute Gasteiger partial charge is 0.490 e. The summed E-state index contributed by atoms with van der Waals surface area (Å²) in [5.74, 6) is -1.26. The van der Waals surface area contributed by atoms with E-state index in [1.807, 2.05) is 0 Å². The van der Waals surface area contributed by atoms with E-state index in [4.69, 9.17) is 14.2 Å². The quantitative estimate of drug-likeness (QED) is 0.350. The van der Waals surface area contributed by atoms with Crippen LogP contribution in [0, 0.1) is 11.6 Å². The van der Waals surface area contributed by atoms with E-state index in [1.54, 1.807) is 59.7 Å². The van der Waals surface area contributed by atoms with Crippen molar-refractivity contribution < 1.29 is 32.6 Å². The highest BCUT2D eigenvalue weighted by Crippen LogP contribution is 2.23. The minimum absolute atomic E-state index is 0.0153. The number of aromatic nitrogens is 4. The molecule has 1 amide bonds. The van der Waals surface area contributed by atoms with Crippen molar-refractivity contribution in [1.29, 1.82) is 0 Å². The summed E-state index contributed by atoms with van der Waals surface area (Å²) in [7, 11) is 0. The number of nitrogens with one attached hydrogen (secondary N) is 1. The third-order valence-corrected chi connectivity index (χ3v) is 5.14. The normalized spacial score (nSPS) is 12.5. The van der Waals surface area contributed by atoms with Gasteiger partial charge in [-0.05, 0) is 82.7 Å². The summed E-state index contributed by atoms with van der Waals surface area (Å²) in [5, 5.41) is 14.9. The molecule has 0 aliphatic heterocycles. The van der Waals surface area contributed by atoms with E-state index in [0.29, 0.717) is 12.0 Å². The molecule has 1 atom stereocenters. The minimum Gasteiger partial charge on any atom is -0.490 e. The molecule has 0 spiro atoms. The SMILES string of the molecule is CC(C)(C)OC(=O)C[C@@H](Cn1nnc(-c2ccc(OCCc3ccc(F)cc3)c(F)c2)n1)NC(=O)OC(C)(C)C. The number of benzene rings is 2. The molecule has 1 heterocycles. The van der Waals surface area contributed by atoms with Crippen molar-refractivity contribution in [3.05, 3.63) is 59.7 Å². The van der Waals surface area contributed by atoms with Crippen molar-refractivity contribution in [2.24, 2.45) is 0 Å². The second kappa shape index (κ2) is 12.8. The Morgan fingerprint density at radius 3 is 2.27 bits per heavy atom. The van der Waals surface area contributed by atoms with Crippen LogP contribution >= 0.6 is 0 Å². The first kappa shape index (κ1) is 30.5. The second-order valence-electron chi connectivity index (χ2n) is 11.2. The number of carbonyl (C=O) groups excluding carboxylic acids is 2. The number of esters is 1. The molecular weight excluding hydrogens is 524 g/mol. The van der Waals surface area contributed by atoms with Gasteiger partial charge in [-0.2, -0.15) is 4.80 Å². The van der Waals surface area contributed by atoms with Crippen LogP contribution in [0.15, 0.2) is 42.5 Å². The Balaban J connectivity index is 1.65. The van der Waals surface area contributed by atoms with Crippen molar-refractivity contribution in [3.63, 3.8) is 0 Å². The van der Waals surface area contributed by atoms with Gasteiger partial charge in [0.2, 0.25) is 5.82 Å². The molecule has 10 nitrogen and oxygen atoms in total. The summed E-state index contributed by atoms with van der Waals surface area (Å²) in [4.78, 5) is 26.0. The maximum atomic E-state index is 14.7. The van der Waals surface area contributed by atoms with Crippen LogP contribution in [0.4, 0.5) is 13.6 Å². The van der Waals surface area contributed by atoms with Crippen LogP contribution in [0.1, 0.15) is 53.5 Å². The van der Waals surface area contributed by atoms with Gasteiger partial charge in [0.1, 0.15) is 17.0 Å². The molecule has 2 aromatic carbocycles. The highest BCUT2D eigenvalue weighted by molar-refractivity contribution is 5.73. The molecule has 0 aliphatic rings. The lowest BCUT2D eigenvalue weighted by molar-refractivity contribution is -0.155. The summed E-state index contributed by atoms with van der Waals surface area (Å²) >= 11 is 0. The molecule has 12 heteroatoms. The van der Waals surface area contributed by atoms with Crippen molar-refractivity contribution in [3.8, 4) is 17.1 Å². The highest BCUT2D eigenvalue weighted by Gasteiger charge is 2.25. The maximum Gasteiger partial charge on any atom is 0.407 e. The third-order valence-electron chi connectivity index (χ3n) is 5.14. The number of nitrogens with zero attached hydrogens (tertiary/aromatic N) is 4. The van der Waals surface area contributed by atoms with Gasteiger partial charge in [0.15, 0.2) is 11.6 Å². The van der Waals surface area contributed by atoms with E-state index in [1.165, 1.54) is 29.1 Å². The Labute approximate surface area is 232 Å². The fourth-order valence-corrected chi connectivity index (χ4v) is 3.54. The number of carbonyl (C=O) groups is 2. The molecule has 0 saturated heterocycles. The Morgan fingerprint density at radius 1 is 0.975 bits per heavy atom. The lowest BCUT2D eigenvalue weighted by atomic mass is 10.1. The number of rotatable bonds is 10.